The highest BCUT2D eigenvalue weighted by Gasteiger charge is 2.25. The van der Waals surface area contributed by atoms with Gasteiger partial charge in [-0.25, -0.2) is 0 Å². The second-order valence-electron chi connectivity index (χ2n) is 23.5. The third-order valence-corrected chi connectivity index (χ3v) is 17.8. The molecule has 11 aromatic carbocycles. The SMILES string of the molecule is C=CC(=CC)N(c1ccc(-c2ccc(N(C(C)=CC(=C)C=C(C)C(=CC)c3ccccc3)c3cccc(-c4c(C)c(-c5ccccc5)c(C)c(-c5ccccc5)c4C)c3)cc2)cc1)c1cccc(-c2c(C)c(-c3ccccc3)c(C)c(-c3ccccc3)c2C)c1. The van der Waals surface area contributed by atoms with Crippen LogP contribution in [0.1, 0.15) is 66.6 Å². The smallest absolute Gasteiger partial charge is 0.0467 e. The molecule has 0 N–H and O–H groups in total. The first kappa shape index (κ1) is 61.1. The van der Waals surface area contributed by atoms with Crippen molar-refractivity contribution in [2.24, 2.45) is 0 Å². The monoisotopic (exact) mass is 1160 g/mol. The van der Waals surface area contributed by atoms with E-state index in [2.05, 4.69) is 365 Å². The predicted octanol–water partition coefficient (Wildman–Crippen LogP) is 25.1. The highest BCUT2D eigenvalue weighted by Crippen LogP contribution is 2.48. The molecule has 0 unspecified atom stereocenters. The first-order chi connectivity index (χ1) is 43.8. The molecule has 0 amide bonds. The fraction of sp³-hybridized carbons (Fsp3) is 0.114. The zero-order valence-electron chi connectivity index (χ0n) is 53.9. The van der Waals surface area contributed by atoms with Crippen LogP contribution in [0.25, 0.3) is 83.5 Å². The van der Waals surface area contributed by atoms with Crippen molar-refractivity contribution < 1.29 is 0 Å². The van der Waals surface area contributed by atoms with Gasteiger partial charge in [0, 0.05) is 34.1 Å². The Kier molecular flexibility index (Phi) is 18.5. The quantitative estimate of drug-likeness (QED) is 0.0790. The van der Waals surface area contributed by atoms with E-state index in [9.17, 15) is 0 Å². The number of nitrogens with zero attached hydrogens (tertiary/aromatic N) is 2. The minimum absolute atomic E-state index is 0.913. The highest BCUT2D eigenvalue weighted by atomic mass is 15.2. The topological polar surface area (TPSA) is 6.48 Å². The third kappa shape index (κ3) is 12.4. The Hall–Kier alpha value is -10.5. The zero-order valence-corrected chi connectivity index (χ0v) is 53.9. The minimum atomic E-state index is 0.913. The average Bonchev–Trinajstić information content (AvgIpc) is 0.815. The summed E-state index contributed by atoms with van der Waals surface area (Å²) in [6, 6.07) is 90.0. The van der Waals surface area contributed by atoms with Gasteiger partial charge in [0.25, 0.3) is 0 Å². The Labute approximate surface area is 535 Å². The molecular formula is C88H80N2. The van der Waals surface area contributed by atoms with Crippen molar-refractivity contribution in [1.29, 1.82) is 0 Å². The Morgan fingerprint density at radius 2 is 0.644 bits per heavy atom. The molecule has 0 aliphatic heterocycles. The number of rotatable bonds is 18. The van der Waals surface area contributed by atoms with Crippen molar-refractivity contribution in [3.8, 4) is 77.9 Å². The second kappa shape index (κ2) is 27.2. The molecule has 0 saturated heterocycles. The standard InChI is InChI=1S/C88H80N2/c1-13-77(14-2)90(81-46-32-44-76(58-81)88-66(11)85(73-39-27-19-28-40-73)63(8)86(67(88)12)74-41-29-20-30-42-74)79-53-49-69(50-54-79)68-47-51-78(52-48-68)89(61(6)56-59(4)55-60(5)82(15-3)70-33-21-16-22-34-70)80-45-31-43-75(57-80)87-64(9)83(71-35-23-17-24-36-71)62(7)84(65(87)10)72-37-25-18-26-38-72/h13-58H,1,4H2,2-3,5-12H3. The van der Waals surface area contributed by atoms with Crippen LogP contribution in [0.15, 0.2) is 315 Å². The van der Waals surface area contributed by atoms with Gasteiger partial charge in [0.2, 0.25) is 0 Å². The van der Waals surface area contributed by atoms with Crippen molar-refractivity contribution in [1.82, 2.24) is 0 Å². The van der Waals surface area contributed by atoms with Gasteiger partial charge in [-0.3, -0.25) is 0 Å². The number of hydrogen-bond acceptors (Lipinski definition) is 2. The van der Waals surface area contributed by atoms with Crippen LogP contribution in [-0.2, 0) is 0 Å². The molecule has 0 radical (unpaired) electrons. The Morgan fingerprint density at radius 3 is 0.989 bits per heavy atom. The summed E-state index contributed by atoms with van der Waals surface area (Å²) in [5.74, 6) is 0. The van der Waals surface area contributed by atoms with Crippen molar-refractivity contribution in [3.63, 3.8) is 0 Å². The van der Waals surface area contributed by atoms with E-state index in [1.807, 2.05) is 6.08 Å². The molecule has 0 aliphatic carbocycles. The van der Waals surface area contributed by atoms with Gasteiger partial charge in [0.05, 0.1) is 0 Å². The first-order valence-corrected chi connectivity index (χ1v) is 31.4. The number of benzene rings is 11. The van der Waals surface area contributed by atoms with Crippen LogP contribution in [0.3, 0.4) is 0 Å². The number of anilines is 4. The van der Waals surface area contributed by atoms with E-state index < -0.39 is 0 Å². The normalized spacial score (nSPS) is 12.0. The van der Waals surface area contributed by atoms with Gasteiger partial charge in [-0.05, 0) is 263 Å². The van der Waals surface area contributed by atoms with E-state index in [0.29, 0.717) is 0 Å². The van der Waals surface area contributed by atoms with Gasteiger partial charge in [0.1, 0.15) is 0 Å². The Balaban J connectivity index is 0.975. The summed E-state index contributed by atoms with van der Waals surface area (Å²) in [6.07, 6.45) is 10.7. The third-order valence-electron chi connectivity index (χ3n) is 17.8. The molecular weight excluding hydrogens is 1080 g/mol. The summed E-state index contributed by atoms with van der Waals surface area (Å²) in [7, 11) is 0. The summed E-state index contributed by atoms with van der Waals surface area (Å²) in [5, 5.41) is 0. The Morgan fingerprint density at radius 1 is 0.322 bits per heavy atom. The molecule has 0 saturated carbocycles. The molecule has 90 heavy (non-hydrogen) atoms. The molecule has 0 aliphatic rings. The van der Waals surface area contributed by atoms with Crippen molar-refractivity contribution >= 4 is 28.3 Å². The maximum absolute atomic E-state index is 4.64. The molecule has 2 nitrogen and oxygen atoms in total. The maximum atomic E-state index is 4.64. The molecule has 0 atom stereocenters. The summed E-state index contributed by atoms with van der Waals surface area (Å²) in [6.45, 7) is 31.3. The molecule has 0 bridgehead atoms. The van der Waals surface area contributed by atoms with E-state index in [4.69, 9.17) is 0 Å². The maximum Gasteiger partial charge on any atom is 0.0467 e. The predicted molar refractivity (Wildman–Crippen MR) is 391 cm³/mol. The van der Waals surface area contributed by atoms with Crippen LogP contribution >= 0.6 is 0 Å². The van der Waals surface area contributed by atoms with Crippen LogP contribution in [0, 0.1) is 41.5 Å². The lowest BCUT2D eigenvalue weighted by Crippen LogP contribution is -2.15. The van der Waals surface area contributed by atoms with Gasteiger partial charge in [-0.2, -0.15) is 0 Å². The van der Waals surface area contributed by atoms with Gasteiger partial charge < -0.3 is 9.80 Å². The van der Waals surface area contributed by atoms with Crippen molar-refractivity contribution in [2.75, 3.05) is 9.80 Å². The first-order valence-electron chi connectivity index (χ1n) is 31.4. The fourth-order valence-electron chi connectivity index (χ4n) is 14.0. The molecule has 11 aromatic rings. The number of allylic oxidation sites excluding steroid dienone is 9. The van der Waals surface area contributed by atoms with Gasteiger partial charge in [-0.1, -0.05) is 232 Å². The van der Waals surface area contributed by atoms with Crippen LogP contribution in [0.4, 0.5) is 22.7 Å². The van der Waals surface area contributed by atoms with E-state index in [1.165, 1.54) is 106 Å². The van der Waals surface area contributed by atoms with Crippen LogP contribution in [-0.4, -0.2) is 0 Å². The lowest BCUT2D eigenvalue weighted by atomic mass is 9.81. The van der Waals surface area contributed by atoms with Crippen LogP contribution < -0.4 is 9.80 Å². The fourth-order valence-corrected chi connectivity index (χ4v) is 14.0. The molecule has 0 heterocycles. The summed E-state index contributed by atoms with van der Waals surface area (Å²) in [4.78, 5) is 4.69. The van der Waals surface area contributed by atoms with Gasteiger partial charge >= 0.3 is 0 Å². The molecule has 2 heteroatoms. The van der Waals surface area contributed by atoms with E-state index in [0.717, 1.165) is 62.0 Å². The lowest BCUT2D eigenvalue weighted by Gasteiger charge is -2.28. The largest absolute Gasteiger partial charge is 0.314 e. The minimum Gasteiger partial charge on any atom is -0.314 e. The summed E-state index contributed by atoms with van der Waals surface area (Å²) in [5.41, 5.74) is 35.4. The number of hydrogen-bond donors (Lipinski definition) is 0. The van der Waals surface area contributed by atoms with Crippen LogP contribution in [0.5, 0.6) is 0 Å². The van der Waals surface area contributed by atoms with E-state index in [1.54, 1.807) is 0 Å². The molecule has 442 valence electrons. The van der Waals surface area contributed by atoms with Crippen molar-refractivity contribution in [3.05, 3.63) is 354 Å². The summed E-state index contributed by atoms with van der Waals surface area (Å²) >= 11 is 0. The second-order valence-corrected chi connectivity index (χ2v) is 23.5. The van der Waals surface area contributed by atoms with E-state index >= 15 is 0 Å². The lowest BCUT2D eigenvalue weighted by molar-refractivity contribution is 1.15. The summed E-state index contributed by atoms with van der Waals surface area (Å²) < 4.78 is 0. The highest BCUT2D eigenvalue weighted by molar-refractivity contribution is 5.94. The van der Waals surface area contributed by atoms with Crippen molar-refractivity contribution in [2.45, 2.75) is 69.2 Å². The molecule has 0 fully saturated rings. The molecule has 0 aromatic heterocycles. The molecule has 11 rings (SSSR count). The zero-order chi connectivity index (χ0) is 63.0. The Bertz CT molecular complexity index is 4410. The van der Waals surface area contributed by atoms with E-state index in [-0.39, 0.29) is 0 Å². The van der Waals surface area contributed by atoms with Crippen LogP contribution in [0.2, 0.25) is 0 Å². The van der Waals surface area contributed by atoms with Gasteiger partial charge in [0.15, 0.2) is 0 Å². The average molecular weight is 1170 g/mol. The van der Waals surface area contributed by atoms with Gasteiger partial charge in [-0.15, -0.1) is 0 Å². The molecule has 0 spiro atoms.